The van der Waals surface area contributed by atoms with Crippen molar-refractivity contribution in [1.82, 2.24) is 4.98 Å². The number of halogens is 3. The van der Waals surface area contributed by atoms with Crippen molar-refractivity contribution in [3.05, 3.63) is 27.5 Å². The Morgan fingerprint density at radius 2 is 2.12 bits per heavy atom. The number of aromatic carboxylic acids is 1. The number of nitrogens with two attached hydrogens (primary N) is 1. The van der Waals surface area contributed by atoms with Gasteiger partial charge in [0.15, 0.2) is 0 Å². The van der Waals surface area contributed by atoms with Crippen LogP contribution >= 0.6 is 0 Å². The van der Waals surface area contributed by atoms with Gasteiger partial charge in [0.25, 0.3) is 0 Å². The van der Waals surface area contributed by atoms with E-state index in [0.717, 1.165) is 0 Å². The van der Waals surface area contributed by atoms with Crippen molar-refractivity contribution in [1.29, 1.82) is 0 Å². The number of alkyl halides is 3. The topological polar surface area (TPSA) is 105 Å². The van der Waals surface area contributed by atoms with Gasteiger partial charge in [-0.1, -0.05) is 0 Å². The fourth-order valence-electron chi connectivity index (χ4n) is 1.11. The number of carboxylic acids is 1. The van der Waals surface area contributed by atoms with Gasteiger partial charge in [-0.05, 0) is 0 Å². The van der Waals surface area contributed by atoms with Gasteiger partial charge in [-0.15, -0.1) is 13.2 Å². The summed E-state index contributed by atoms with van der Waals surface area (Å²) in [5, 5.41) is 8.59. The van der Waals surface area contributed by atoms with E-state index in [1.807, 2.05) is 4.98 Å². The third-order valence-corrected chi connectivity index (χ3v) is 1.79. The van der Waals surface area contributed by atoms with Crippen LogP contribution in [0, 0.1) is 0 Å². The molecule has 0 saturated carbocycles. The van der Waals surface area contributed by atoms with Gasteiger partial charge >= 0.3 is 12.3 Å². The van der Waals surface area contributed by atoms with E-state index in [1.165, 1.54) is 0 Å². The van der Waals surface area contributed by atoms with Crippen LogP contribution in [0.4, 0.5) is 13.2 Å². The molecule has 1 rings (SSSR count). The minimum Gasteiger partial charge on any atom is -0.477 e. The molecule has 94 valence electrons. The van der Waals surface area contributed by atoms with Crippen molar-refractivity contribution >= 4 is 5.97 Å². The molecular weight excluding hydrogens is 245 g/mol. The van der Waals surface area contributed by atoms with Gasteiger partial charge in [-0.2, -0.15) is 0 Å². The number of H-pyrrole nitrogens is 1. The summed E-state index contributed by atoms with van der Waals surface area (Å²) in [4.78, 5) is 23.9. The monoisotopic (exact) mass is 252 g/mol. The number of pyridine rings is 1. The van der Waals surface area contributed by atoms with Crippen LogP contribution in [0.5, 0.6) is 5.88 Å². The van der Waals surface area contributed by atoms with Crippen molar-refractivity contribution in [2.75, 3.05) is 0 Å². The van der Waals surface area contributed by atoms with Crippen molar-refractivity contribution in [2.45, 2.75) is 12.9 Å². The average molecular weight is 252 g/mol. The fraction of sp³-hybridized carbons (Fsp3) is 0.250. The lowest BCUT2D eigenvalue weighted by molar-refractivity contribution is -0.276. The molecule has 0 radical (unpaired) electrons. The number of rotatable bonds is 3. The van der Waals surface area contributed by atoms with Crippen molar-refractivity contribution in [3.8, 4) is 5.88 Å². The van der Waals surface area contributed by atoms with Gasteiger partial charge in [0.1, 0.15) is 5.56 Å². The van der Waals surface area contributed by atoms with E-state index in [4.69, 9.17) is 10.8 Å². The van der Waals surface area contributed by atoms with Gasteiger partial charge in [0, 0.05) is 12.7 Å². The lowest BCUT2D eigenvalue weighted by Gasteiger charge is -2.11. The zero-order chi connectivity index (χ0) is 13.2. The molecule has 9 heteroatoms. The molecule has 1 heterocycles. The summed E-state index contributed by atoms with van der Waals surface area (Å²) in [7, 11) is 0. The summed E-state index contributed by atoms with van der Waals surface area (Å²) < 4.78 is 39.4. The van der Waals surface area contributed by atoms with E-state index in [0.29, 0.717) is 6.20 Å². The Hall–Kier alpha value is -2.03. The molecule has 4 N–H and O–H groups in total. The Labute approximate surface area is 91.8 Å². The molecule has 0 fully saturated rings. The molecule has 0 spiro atoms. The number of nitrogens with one attached hydrogen (secondary N) is 1. The number of aromatic amines is 1. The molecule has 0 unspecified atom stereocenters. The largest absolute Gasteiger partial charge is 0.574 e. The normalized spacial score (nSPS) is 11.3. The third-order valence-electron chi connectivity index (χ3n) is 1.79. The lowest BCUT2D eigenvalue weighted by atomic mass is 10.2. The fourth-order valence-corrected chi connectivity index (χ4v) is 1.11. The molecule has 17 heavy (non-hydrogen) atoms. The minimum atomic E-state index is -5.00. The maximum atomic E-state index is 11.9. The SMILES string of the molecule is NCc1c(OC(F)(F)F)[nH]cc(C(=O)O)c1=O. The Balaban J connectivity index is 3.32. The first-order valence-corrected chi connectivity index (χ1v) is 4.20. The van der Waals surface area contributed by atoms with Gasteiger partial charge in [0.05, 0.1) is 5.56 Å². The summed E-state index contributed by atoms with van der Waals surface area (Å²) in [5.74, 6) is -2.48. The Kier molecular flexibility index (Phi) is 3.42. The van der Waals surface area contributed by atoms with Gasteiger partial charge < -0.3 is 20.6 Å². The zero-order valence-corrected chi connectivity index (χ0v) is 8.17. The predicted octanol–water partition coefficient (Wildman–Crippen LogP) is 0.430. The van der Waals surface area contributed by atoms with Crippen molar-refractivity contribution in [3.63, 3.8) is 0 Å². The van der Waals surface area contributed by atoms with Crippen LogP contribution in [0.15, 0.2) is 11.0 Å². The van der Waals surface area contributed by atoms with Crippen LogP contribution in [0.25, 0.3) is 0 Å². The van der Waals surface area contributed by atoms with E-state index in [1.54, 1.807) is 0 Å². The number of hydrogen-bond donors (Lipinski definition) is 3. The van der Waals surface area contributed by atoms with Crippen LogP contribution in [0.1, 0.15) is 15.9 Å². The second-order valence-electron chi connectivity index (χ2n) is 2.90. The summed E-state index contributed by atoms with van der Waals surface area (Å²) in [6.07, 6.45) is -4.39. The minimum absolute atomic E-state index is 0.581. The van der Waals surface area contributed by atoms with Gasteiger partial charge in [-0.25, -0.2) is 4.79 Å². The summed E-state index contributed by atoms with van der Waals surface area (Å²) in [6.45, 7) is -0.581. The van der Waals surface area contributed by atoms with E-state index >= 15 is 0 Å². The smallest absolute Gasteiger partial charge is 0.477 e. The first-order valence-electron chi connectivity index (χ1n) is 4.20. The Morgan fingerprint density at radius 3 is 2.53 bits per heavy atom. The molecule has 0 bridgehead atoms. The lowest BCUT2D eigenvalue weighted by Crippen LogP contribution is -2.26. The Morgan fingerprint density at radius 1 is 1.53 bits per heavy atom. The standard InChI is InChI=1S/C8H7F3N2O4/c9-8(10,11)17-6-3(1-12)5(14)4(2-13-6)7(15)16/h2H,1,12H2,(H,13,14)(H,15,16). The quantitative estimate of drug-likeness (QED) is 0.723. The number of carbonyl (C=O) groups is 1. The first kappa shape index (κ1) is 13.0. The molecule has 0 amide bonds. The van der Waals surface area contributed by atoms with E-state index < -0.39 is 41.3 Å². The highest BCUT2D eigenvalue weighted by molar-refractivity contribution is 5.87. The van der Waals surface area contributed by atoms with E-state index in [9.17, 15) is 22.8 Å². The van der Waals surface area contributed by atoms with Crippen LogP contribution < -0.4 is 15.9 Å². The Bertz CT molecular complexity index is 495. The second-order valence-corrected chi connectivity index (χ2v) is 2.90. The third kappa shape index (κ3) is 2.97. The summed E-state index contributed by atoms with van der Waals surface area (Å²) >= 11 is 0. The molecule has 0 saturated heterocycles. The highest BCUT2D eigenvalue weighted by Crippen LogP contribution is 2.22. The van der Waals surface area contributed by atoms with Crippen LogP contribution in [-0.2, 0) is 6.54 Å². The number of aromatic nitrogens is 1. The van der Waals surface area contributed by atoms with Crippen LogP contribution in [-0.4, -0.2) is 22.4 Å². The summed E-state index contributed by atoms with van der Waals surface area (Å²) in [6, 6.07) is 0. The number of carboxylic acid groups (broad SMARTS) is 1. The molecule has 0 atom stereocenters. The average Bonchev–Trinajstić information content (AvgIpc) is 2.15. The van der Waals surface area contributed by atoms with Crippen molar-refractivity contribution in [2.24, 2.45) is 5.73 Å². The highest BCUT2D eigenvalue weighted by atomic mass is 19.4. The van der Waals surface area contributed by atoms with Crippen molar-refractivity contribution < 1.29 is 27.8 Å². The van der Waals surface area contributed by atoms with Gasteiger partial charge in [0.2, 0.25) is 11.3 Å². The van der Waals surface area contributed by atoms with Gasteiger partial charge in [-0.3, -0.25) is 4.79 Å². The molecular formula is C8H7F3N2O4. The number of hydrogen-bond acceptors (Lipinski definition) is 4. The predicted molar refractivity (Wildman–Crippen MR) is 48.6 cm³/mol. The highest BCUT2D eigenvalue weighted by Gasteiger charge is 2.33. The molecule has 0 aliphatic heterocycles. The van der Waals surface area contributed by atoms with Crippen LogP contribution in [0.2, 0.25) is 0 Å². The molecule has 0 aliphatic rings. The second kappa shape index (κ2) is 4.45. The molecule has 0 aliphatic carbocycles. The summed E-state index contributed by atoms with van der Waals surface area (Å²) in [5.41, 5.74) is 2.68. The molecule has 1 aromatic heterocycles. The molecule has 6 nitrogen and oxygen atoms in total. The number of ether oxygens (including phenoxy) is 1. The zero-order valence-electron chi connectivity index (χ0n) is 8.17. The molecule has 0 aromatic carbocycles. The van der Waals surface area contributed by atoms with Crippen LogP contribution in [0.3, 0.4) is 0 Å². The maximum absolute atomic E-state index is 11.9. The first-order chi connectivity index (χ1) is 7.76. The van der Waals surface area contributed by atoms with E-state index in [2.05, 4.69) is 4.74 Å². The molecule has 1 aromatic rings. The maximum Gasteiger partial charge on any atom is 0.574 e. The van der Waals surface area contributed by atoms with E-state index in [-0.39, 0.29) is 0 Å².